The predicted octanol–water partition coefficient (Wildman–Crippen LogP) is 1.22. The van der Waals surface area contributed by atoms with Crippen molar-refractivity contribution in [3.8, 4) is 0 Å². The molecular weight excluding hydrogens is 484 g/mol. The van der Waals surface area contributed by atoms with Gasteiger partial charge in [-0.1, -0.05) is 24.3 Å². The fourth-order valence-electron chi connectivity index (χ4n) is 3.75. The molecule has 0 bridgehead atoms. The monoisotopic (exact) mass is 523 g/mol. The zero-order valence-corrected chi connectivity index (χ0v) is 22.2. The molecule has 6 N–H and O–H groups in total. The normalized spacial score (nSPS) is 16.0. The lowest BCUT2D eigenvalue weighted by molar-refractivity contribution is 0.0268. The summed E-state index contributed by atoms with van der Waals surface area (Å²) in [5.41, 5.74) is 21.3. The first-order valence-corrected chi connectivity index (χ1v) is 12.9. The molecule has 1 atom stereocenters. The molecule has 1 aromatic rings. The van der Waals surface area contributed by atoms with Crippen molar-refractivity contribution in [2.45, 2.75) is 19.4 Å². The highest BCUT2D eigenvalue weighted by Gasteiger charge is 2.36. The van der Waals surface area contributed by atoms with Crippen molar-refractivity contribution in [2.75, 3.05) is 70.6 Å². The number of anilines is 1. The Bertz CT molecular complexity index is 940. The summed E-state index contributed by atoms with van der Waals surface area (Å²) in [5.74, 6) is 0.680. The van der Waals surface area contributed by atoms with E-state index in [2.05, 4.69) is 0 Å². The van der Waals surface area contributed by atoms with E-state index in [0.717, 1.165) is 22.3 Å². The zero-order valence-electron chi connectivity index (χ0n) is 21.4. The van der Waals surface area contributed by atoms with Gasteiger partial charge in [-0.3, -0.25) is 4.21 Å². The van der Waals surface area contributed by atoms with Crippen molar-refractivity contribution in [1.29, 1.82) is 0 Å². The van der Waals surface area contributed by atoms with Gasteiger partial charge in [0.25, 0.3) is 0 Å². The maximum Gasteiger partial charge on any atom is 0.129 e. The summed E-state index contributed by atoms with van der Waals surface area (Å²) < 4.78 is 46.6. The largest absolute Gasteiger partial charge is 0.755 e. The van der Waals surface area contributed by atoms with Crippen LogP contribution in [0.5, 0.6) is 0 Å². The highest BCUT2D eigenvalue weighted by molar-refractivity contribution is 7.80. The van der Waals surface area contributed by atoms with E-state index >= 15 is 0 Å². The SMILES string of the molecule is COCCOCCOCCN(c1ccc(C=CC2=C(CN)C(=C(CN)CN)OC2(C)C)cc1)S(=O)[O-]. The minimum atomic E-state index is -2.43. The molecule has 0 radical (unpaired) electrons. The van der Waals surface area contributed by atoms with Crippen LogP contribution in [0.4, 0.5) is 5.69 Å². The summed E-state index contributed by atoms with van der Waals surface area (Å²) >= 11 is -2.43. The maximum absolute atomic E-state index is 11.8. The summed E-state index contributed by atoms with van der Waals surface area (Å²) in [4.78, 5) is 0. The molecule has 0 aromatic heterocycles. The van der Waals surface area contributed by atoms with Crippen LogP contribution >= 0.6 is 0 Å². The van der Waals surface area contributed by atoms with Crippen molar-refractivity contribution in [3.63, 3.8) is 0 Å². The van der Waals surface area contributed by atoms with Gasteiger partial charge in [-0.25, -0.2) is 0 Å². The quantitative estimate of drug-likeness (QED) is 0.214. The Labute approximate surface area is 216 Å². The molecule has 1 unspecified atom stereocenters. The van der Waals surface area contributed by atoms with Gasteiger partial charge < -0.3 is 45.0 Å². The second-order valence-corrected chi connectivity index (χ2v) is 9.39. The summed E-state index contributed by atoms with van der Waals surface area (Å²) in [6, 6.07) is 7.21. The minimum Gasteiger partial charge on any atom is -0.755 e. The lowest BCUT2D eigenvalue weighted by Crippen LogP contribution is -2.29. The summed E-state index contributed by atoms with van der Waals surface area (Å²) in [7, 11) is 1.61. The number of ether oxygens (including phenoxy) is 4. The first-order valence-electron chi connectivity index (χ1n) is 11.8. The molecule has 36 heavy (non-hydrogen) atoms. The van der Waals surface area contributed by atoms with Crippen molar-refractivity contribution < 1.29 is 27.7 Å². The van der Waals surface area contributed by atoms with Gasteiger partial charge in [0, 0.05) is 54.8 Å². The Morgan fingerprint density at radius 3 is 2.19 bits per heavy atom. The van der Waals surface area contributed by atoms with Crippen molar-refractivity contribution in [3.05, 3.63) is 58.4 Å². The zero-order chi connectivity index (χ0) is 26.6. The standard InChI is InChI=1S/C25H40N4O6S/c1-25(2)23(22(18-28)24(35-25)20(16-26)17-27)9-6-19-4-7-21(8-5-19)29(36(30)31)10-11-33-14-15-34-13-12-32-3/h4-9H,10-18,26-28H2,1-3H3,(H,30,31)/p-1. The van der Waals surface area contributed by atoms with E-state index in [4.69, 9.17) is 36.1 Å². The van der Waals surface area contributed by atoms with Gasteiger partial charge in [-0.05, 0) is 37.1 Å². The Morgan fingerprint density at radius 1 is 1.03 bits per heavy atom. The molecule has 2 rings (SSSR count). The van der Waals surface area contributed by atoms with Gasteiger partial charge in [0.2, 0.25) is 0 Å². The van der Waals surface area contributed by atoms with Crippen molar-refractivity contribution in [1.82, 2.24) is 0 Å². The summed E-state index contributed by atoms with van der Waals surface area (Å²) in [6.45, 7) is 7.10. The molecule has 1 aliphatic rings. The topological polar surface area (TPSA) is 158 Å². The molecular formula is C25H39N4O6S-. The Kier molecular flexibility index (Phi) is 12.7. The first-order chi connectivity index (χ1) is 17.3. The van der Waals surface area contributed by atoms with E-state index < -0.39 is 16.9 Å². The molecule has 0 saturated carbocycles. The summed E-state index contributed by atoms with van der Waals surface area (Å²) in [6.07, 6.45) is 3.92. The number of hydrogen-bond donors (Lipinski definition) is 3. The van der Waals surface area contributed by atoms with E-state index in [1.54, 1.807) is 19.2 Å². The van der Waals surface area contributed by atoms with Crippen LogP contribution < -0.4 is 21.5 Å². The molecule has 0 amide bonds. The van der Waals surface area contributed by atoms with Crippen molar-refractivity contribution >= 4 is 23.0 Å². The average molecular weight is 524 g/mol. The van der Waals surface area contributed by atoms with Crippen LogP contribution in [0.25, 0.3) is 6.08 Å². The van der Waals surface area contributed by atoms with E-state index in [1.807, 2.05) is 38.1 Å². The average Bonchev–Trinajstić information content (AvgIpc) is 3.12. The molecule has 1 aromatic carbocycles. The second kappa shape index (κ2) is 15.2. The molecule has 1 heterocycles. The third-order valence-corrected chi connectivity index (χ3v) is 6.42. The molecule has 11 heteroatoms. The molecule has 0 spiro atoms. The number of rotatable bonds is 16. The molecule has 202 valence electrons. The van der Waals surface area contributed by atoms with Gasteiger partial charge in [-0.2, -0.15) is 0 Å². The molecule has 0 saturated heterocycles. The second-order valence-electron chi connectivity index (χ2n) is 8.51. The Balaban J connectivity index is 2.06. The third kappa shape index (κ3) is 8.49. The lowest BCUT2D eigenvalue weighted by atomic mass is 9.93. The highest BCUT2D eigenvalue weighted by Crippen LogP contribution is 2.40. The molecule has 0 fully saturated rings. The van der Waals surface area contributed by atoms with Crippen LogP contribution in [0.15, 0.2) is 52.8 Å². The highest BCUT2D eigenvalue weighted by atomic mass is 32.2. The Hall–Kier alpha value is -2.09. The van der Waals surface area contributed by atoms with Gasteiger partial charge in [0.15, 0.2) is 0 Å². The van der Waals surface area contributed by atoms with Gasteiger partial charge in [-0.15, -0.1) is 0 Å². The number of benzene rings is 1. The number of nitrogens with zero attached hydrogens (tertiary/aromatic N) is 1. The third-order valence-electron chi connectivity index (χ3n) is 5.67. The van der Waals surface area contributed by atoms with E-state index in [1.165, 1.54) is 4.31 Å². The van der Waals surface area contributed by atoms with Crippen LogP contribution in [-0.4, -0.2) is 80.7 Å². The Morgan fingerprint density at radius 2 is 1.64 bits per heavy atom. The lowest BCUT2D eigenvalue weighted by Gasteiger charge is -2.26. The van der Waals surface area contributed by atoms with E-state index in [0.29, 0.717) is 57.5 Å². The van der Waals surface area contributed by atoms with Crippen LogP contribution in [0.1, 0.15) is 19.4 Å². The van der Waals surface area contributed by atoms with Crippen LogP contribution in [0.2, 0.25) is 0 Å². The van der Waals surface area contributed by atoms with Gasteiger partial charge in [0.05, 0.1) is 39.6 Å². The van der Waals surface area contributed by atoms with Crippen LogP contribution in [0, 0.1) is 0 Å². The molecule has 10 nitrogen and oxygen atoms in total. The van der Waals surface area contributed by atoms with Crippen molar-refractivity contribution in [2.24, 2.45) is 17.2 Å². The first kappa shape index (κ1) is 30.1. The molecule has 0 aliphatic carbocycles. The fourth-order valence-corrected chi connectivity index (χ4v) is 4.27. The predicted molar refractivity (Wildman–Crippen MR) is 142 cm³/mol. The summed E-state index contributed by atoms with van der Waals surface area (Å²) in [5, 5.41) is 0. The number of methoxy groups -OCH3 is 1. The molecule has 1 aliphatic heterocycles. The fraction of sp³-hybridized carbons (Fsp3) is 0.520. The minimum absolute atomic E-state index is 0.196. The van der Waals surface area contributed by atoms with Crippen LogP contribution in [0.3, 0.4) is 0 Å². The van der Waals surface area contributed by atoms with E-state index in [9.17, 15) is 8.76 Å². The number of hydrogen-bond acceptors (Lipinski definition) is 9. The maximum atomic E-state index is 11.8. The van der Waals surface area contributed by atoms with Crippen LogP contribution in [-0.2, 0) is 30.2 Å². The van der Waals surface area contributed by atoms with E-state index in [-0.39, 0.29) is 13.2 Å². The smallest absolute Gasteiger partial charge is 0.129 e. The number of nitrogens with two attached hydrogens (primary N) is 3. The van der Waals surface area contributed by atoms with Gasteiger partial charge in [0.1, 0.15) is 11.4 Å². The van der Waals surface area contributed by atoms with Gasteiger partial charge >= 0.3 is 0 Å².